The second-order valence-corrected chi connectivity index (χ2v) is 7.33. The summed E-state index contributed by atoms with van der Waals surface area (Å²) in [5, 5.41) is 10.1. The van der Waals surface area contributed by atoms with Crippen LogP contribution in [0.5, 0.6) is 0 Å². The Morgan fingerprint density at radius 2 is 1.71 bits per heavy atom. The maximum atomic E-state index is 13.0. The molecule has 0 spiro atoms. The molecule has 2 heterocycles. The third-order valence-corrected chi connectivity index (χ3v) is 4.88. The van der Waals surface area contributed by atoms with Crippen molar-refractivity contribution in [1.29, 1.82) is 0 Å². The first kappa shape index (κ1) is 20.3. The molecule has 0 fully saturated rings. The molecule has 2 aromatic heterocycles. The van der Waals surface area contributed by atoms with Crippen molar-refractivity contribution in [3.63, 3.8) is 0 Å². The lowest BCUT2D eigenvalue weighted by atomic mass is 10.1. The molecule has 0 saturated heterocycles. The Labute approximate surface area is 177 Å². The topological polar surface area (TPSA) is 93.3 Å². The smallest absolute Gasteiger partial charge is 0.325 e. The number of carbonyl (C=O) groups excluding carboxylic acids is 1. The van der Waals surface area contributed by atoms with Crippen LogP contribution in [-0.4, -0.2) is 25.1 Å². The molecule has 4 rings (SSSR count). The van der Waals surface area contributed by atoms with Gasteiger partial charge >= 0.3 is 5.69 Å². The van der Waals surface area contributed by atoms with E-state index in [9.17, 15) is 14.0 Å². The first-order valence-corrected chi connectivity index (χ1v) is 9.67. The van der Waals surface area contributed by atoms with Crippen LogP contribution in [0, 0.1) is 26.6 Å². The number of fused-ring (bicyclic) bond motifs is 1. The fourth-order valence-corrected chi connectivity index (χ4v) is 3.16. The number of nitrogens with one attached hydrogen (secondary N) is 2. The molecule has 0 radical (unpaired) electrons. The molecule has 158 valence electrons. The molecule has 0 unspecified atom stereocenters. The minimum Gasteiger partial charge on any atom is -0.325 e. The van der Waals surface area contributed by atoms with Crippen LogP contribution in [0.1, 0.15) is 16.8 Å². The number of aromatic nitrogens is 4. The van der Waals surface area contributed by atoms with Gasteiger partial charge in [0.05, 0.1) is 0 Å². The van der Waals surface area contributed by atoms with E-state index in [4.69, 9.17) is 0 Å². The zero-order valence-electron chi connectivity index (χ0n) is 17.3. The van der Waals surface area contributed by atoms with Gasteiger partial charge in [0, 0.05) is 23.1 Å². The first-order valence-electron chi connectivity index (χ1n) is 9.67. The van der Waals surface area contributed by atoms with Gasteiger partial charge in [-0.25, -0.2) is 23.3 Å². The summed E-state index contributed by atoms with van der Waals surface area (Å²) in [6.45, 7) is 5.54. The highest BCUT2D eigenvalue weighted by molar-refractivity contribution is 5.90. The van der Waals surface area contributed by atoms with E-state index in [-0.39, 0.29) is 6.54 Å². The highest BCUT2D eigenvalue weighted by Crippen LogP contribution is 2.19. The van der Waals surface area contributed by atoms with Gasteiger partial charge in [0.15, 0.2) is 5.65 Å². The van der Waals surface area contributed by atoms with Crippen LogP contribution < -0.4 is 16.3 Å². The average molecular weight is 420 g/mol. The standard InChI is InChI=1S/C22H21FN6O2/c1-13-4-7-18(10-14(13)2)26-21-24-15(3)11-19-27-28(22(31)29(19)21)12-20(30)25-17-8-5-16(23)6-9-17/h4-11H,12H2,1-3H3,(H,24,26)(H,25,30). The van der Waals surface area contributed by atoms with Gasteiger partial charge in [-0.2, -0.15) is 0 Å². The summed E-state index contributed by atoms with van der Waals surface area (Å²) >= 11 is 0. The van der Waals surface area contributed by atoms with E-state index in [2.05, 4.69) is 20.7 Å². The molecule has 0 aliphatic rings. The summed E-state index contributed by atoms with van der Waals surface area (Å²) in [6.07, 6.45) is 0. The Bertz CT molecular complexity index is 1340. The summed E-state index contributed by atoms with van der Waals surface area (Å²) in [7, 11) is 0. The maximum Gasteiger partial charge on any atom is 0.353 e. The lowest BCUT2D eigenvalue weighted by Crippen LogP contribution is -2.29. The Kier molecular flexibility index (Phi) is 5.24. The fourth-order valence-electron chi connectivity index (χ4n) is 3.16. The minimum absolute atomic E-state index is 0.292. The molecule has 0 aliphatic heterocycles. The first-order chi connectivity index (χ1) is 14.8. The van der Waals surface area contributed by atoms with Gasteiger partial charge in [-0.1, -0.05) is 6.07 Å². The van der Waals surface area contributed by atoms with Gasteiger partial charge < -0.3 is 10.6 Å². The summed E-state index contributed by atoms with van der Waals surface area (Å²) in [4.78, 5) is 29.8. The zero-order chi connectivity index (χ0) is 22.1. The number of anilines is 3. The molecule has 1 amide bonds. The molecular formula is C22H21FN6O2. The molecule has 0 atom stereocenters. The lowest BCUT2D eigenvalue weighted by Gasteiger charge is -2.09. The molecule has 0 saturated carbocycles. The molecule has 2 N–H and O–H groups in total. The van der Waals surface area contributed by atoms with Gasteiger partial charge in [0.25, 0.3) is 0 Å². The number of halogens is 1. The number of hydrogen-bond donors (Lipinski definition) is 2. The van der Waals surface area contributed by atoms with E-state index >= 15 is 0 Å². The Morgan fingerprint density at radius 1 is 1.00 bits per heavy atom. The van der Waals surface area contributed by atoms with Crippen molar-refractivity contribution in [2.24, 2.45) is 0 Å². The predicted octanol–water partition coefficient (Wildman–Crippen LogP) is 3.34. The minimum atomic E-state index is -0.497. The Hall–Kier alpha value is -4.01. The van der Waals surface area contributed by atoms with Gasteiger partial charge in [-0.05, 0) is 68.3 Å². The van der Waals surface area contributed by atoms with Crippen molar-refractivity contribution in [2.75, 3.05) is 10.6 Å². The van der Waals surface area contributed by atoms with E-state index in [1.54, 1.807) is 13.0 Å². The van der Waals surface area contributed by atoms with Crippen LogP contribution in [0.4, 0.5) is 21.7 Å². The molecule has 9 heteroatoms. The summed E-state index contributed by atoms with van der Waals surface area (Å²) in [5.41, 5.74) is 4.03. The molecule has 8 nitrogen and oxygen atoms in total. The number of carbonyl (C=O) groups is 1. The van der Waals surface area contributed by atoms with Crippen LogP contribution in [-0.2, 0) is 11.3 Å². The van der Waals surface area contributed by atoms with E-state index in [1.807, 2.05) is 32.0 Å². The molecule has 0 aliphatic carbocycles. The maximum absolute atomic E-state index is 13.0. The number of benzene rings is 2. The van der Waals surface area contributed by atoms with E-state index in [0.717, 1.165) is 21.5 Å². The Morgan fingerprint density at radius 3 is 2.42 bits per heavy atom. The van der Waals surface area contributed by atoms with Gasteiger partial charge in [-0.15, -0.1) is 5.10 Å². The third-order valence-electron chi connectivity index (χ3n) is 4.88. The van der Waals surface area contributed by atoms with Gasteiger partial charge in [0.2, 0.25) is 11.9 Å². The highest BCUT2D eigenvalue weighted by Gasteiger charge is 2.16. The van der Waals surface area contributed by atoms with Crippen LogP contribution in [0.15, 0.2) is 53.3 Å². The van der Waals surface area contributed by atoms with E-state index in [0.29, 0.717) is 23.0 Å². The molecule has 0 bridgehead atoms. The fraction of sp³-hybridized carbons (Fsp3) is 0.182. The van der Waals surface area contributed by atoms with E-state index < -0.39 is 17.4 Å². The predicted molar refractivity (Wildman–Crippen MR) is 116 cm³/mol. The number of aryl methyl sites for hydroxylation is 3. The van der Waals surface area contributed by atoms with Crippen molar-refractivity contribution >= 4 is 28.9 Å². The SMILES string of the molecule is Cc1cc2nn(CC(=O)Nc3ccc(F)cc3)c(=O)n2c(Nc2ccc(C)c(C)c2)n1. The quantitative estimate of drug-likeness (QED) is 0.517. The lowest BCUT2D eigenvalue weighted by molar-refractivity contribution is -0.117. The van der Waals surface area contributed by atoms with Gasteiger partial charge in [0.1, 0.15) is 12.4 Å². The van der Waals surface area contributed by atoms with Crippen molar-refractivity contribution in [1.82, 2.24) is 19.2 Å². The molecule has 2 aromatic carbocycles. The highest BCUT2D eigenvalue weighted by atomic mass is 19.1. The largest absolute Gasteiger partial charge is 0.353 e. The average Bonchev–Trinajstić information content (AvgIpc) is 3.01. The van der Waals surface area contributed by atoms with Gasteiger partial charge in [-0.3, -0.25) is 4.79 Å². The van der Waals surface area contributed by atoms with Crippen LogP contribution in [0.25, 0.3) is 5.65 Å². The van der Waals surface area contributed by atoms with Crippen LogP contribution >= 0.6 is 0 Å². The monoisotopic (exact) mass is 420 g/mol. The van der Waals surface area contributed by atoms with Crippen molar-refractivity contribution in [3.05, 3.63) is 81.7 Å². The second kappa shape index (κ2) is 8.02. The van der Waals surface area contributed by atoms with Crippen molar-refractivity contribution in [3.8, 4) is 0 Å². The zero-order valence-corrected chi connectivity index (χ0v) is 17.3. The molecule has 4 aromatic rings. The second-order valence-electron chi connectivity index (χ2n) is 7.33. The Balaban J connectivity index is 1.64. The molecular weight excluding hydrogens is 399 g/mol. The van der Waals surface area contributed by atoms with E-state index in [1.165, 1.54) is 28.7 Å². The summed E-state index contributed by atoms with van der Waals surface area (Å²) in [6, 6.07) is 12.9. The van der Waals surface area contributed by atoms with Crippen LogP contribution in [0.2, 0.25) is 0 Å². The normalized spacial score (nSPS) is 11.0. The molecule has 31 heavy (non-hydrogen) atoms. The summed E-state index contributed by atoms with van der Waals surface area (Å²) in [5.74, 6) is -0.542. The van der Waals surface area contributed by atoms with Crippen LogP contribution in [0.3, 0.4) is 0 Å². The number of amides is 1. The number of hydrogen-bond acceptors (Lipinski definition) is 5. The third kappa shape index (κ3) is 4.30. The van der Waals surface area contributed by atoms with Crippen molar-refractivity contribution < 1.29 is 9.18 Å². The summed E-state index contributed by atoms with van der Waals surface area (Å²) < 4.78 is 15.4. The van der Waals surface area contributed by atoms with Crippen molar-refractivity contribution in [2.45, 2.75) is 27.3 Å². The number of rotatable bonds is 5. The number of nitrogens with zero attached hydrogens (tertiary/aromatic N) is 4.